The molecule has 0 amide bonds. The number of aryl methyl sites for hydroxylation is 1. The van der Waals surface area contributed by atoms with Gasteiger partial charge < -0.3 is 10.3 Å². The summed E-state index contributed by atoms with van der Waals surface area (Å²) in [4.78, 5) is 11.6. The Balaban J connectivity index is 1.47. The van der Waals surface area contributed by atoms with Crippen molar-refractivity contribution in [3.8, 4) is 0 Å². The van der Waals surface area contributed by atoms with Crippen LogP contribution in [0.5, 0.6) is 0 Å². The van der Waals surface area contributed by atoms with Crippen molar-refractivity contribution in [3.05, 3.63) is 42.2 Å². The number of aromatic amines is 2. The van der Waals surface area contributed by atoms with Crippen LogP contribution >= 0.6 is 0 Å². The van der Waals surface area contributed by atoms with Crippen molar-refractivity contribution in [2.75, 3.05) is 6.54 Å². The number of nitrogens with zero attached hydrogens (tertiary/aromatic N) is 3. The van der Waals surface area contributed by atoms with Gasteiger partial charge in [-0.25, -0.2) is 9.97 Å². The predicted octanol–water partition coefficient (Wildman–Crippen LogP) is 1.40. The molecule has 6 heteroatoms. The number of H-pyrrole nitrogens is 2. The third kappa shape index (κ3) is 2.79. The maximum absolute atomic E-state index is 4.28. The zero-order valence-electron chi connectivity index (χ0n) is 10.6. The Morgan fingerprint density at radius 3 is 3.16 bits per heavy atom. The summed E-state index contributed by atoms with van der Waals surface area (Å²) >= 11 is 0. The third-order valence-electron chi connectivity index (χ3n) is 3.08. The van der Waals surface area contributed by atoms with E-state index in [1.807, 2.05) is 12.3 Å². The van der Waals surface area contributed by atoms with Gasteiger partial charge in [-0.15, -0.1) is 0 Å². The summed E-state index contributed by atoms with van der Waals surface area (Å²) in [6.07, 6.45) is 7.31. The van der Waals surface area contributed by atoms with Crippen LogP contribution < -0.4 is 5.32 Å². The van der Waals surface area contributed by atoms with Gasteiger partial charge in [0, 0.05) is 30.7 Å². The van der Waals surface area contributed by atoms with Gasteiger partial charge in [0.1, 0.15) is 17.8 Å². The van der Waals surface area contributed by atoms with Crippen molar-refractivity contribution in [3.63, 3.8) is 0 Å². The summed E-state index contributed by atoms with van der Waals surface area (Å²) in [6, 6.07) is 4.05. The van der Waals surface area contributed by atoms with Crippen molar-refractivity contribution >= 4 is 11.0 Å². The molecule has 19 heavy (non-hydrogen) atoms. The van der Waals surface area contributed by atoms with E-state index in [0.29, 0.717) is 0 Å². The fourth-order valence-corrected chi connectivity index (χ4v) is 2.11. The SMILES string of the molecule is c1cnc2[nH]cc(CNCCCc3ncn[nH]3)c2c1. The molecule has 0 saturated carbocycles. The van der Waals surface area contributed by atoms with Crippen molar-refractivity contribution in [1.82, 2.24) is 30.5 Å². The molecule has 0 bridgehead atoms. The number of fused-ring (bicyclic) bond motifs is 1. The van der Waals surface area contributed by atoms with Crippen LogP contribution in [0.4, 0.5) is 0 Å². The van der Waals surface area contributed by atoms with E-state index in [0.717, 1.165) is 37.4 Å². The van der Waals surface area contributed by atoms with Crippen LogP contribution in [0.15, 0.2) is 30.9 Å². The largest absolute Gasteiger partial charge is 0.346 e. The second kappa shape index (κ2) is 5.62. The topological polar surface area (TPSA) is 82.3 Å². The summed E-state index contributed by atoms with van der Waals surface area (Å²) in [5.41, 5.74) is 2.20. The number of nitrogens with one attached hydrogen (secondary N) is 3. The fourth-order valence-electron chi connectivity index (χ4n) is 2.11. The first-order valence-corrected chi connectivity index (χ1v) is 6.39. The zero-order chi connectivity index (χ0) is 12.9. The highest BCUT2D eigenvalue weighted by Crippen LogP contribution is 2.14. The highest BCUT2D eigenvalue weighted by atomic mass is 15.2. The monoisotopic (exact) mass is 256 g/mol. The normalized spacial score (nSPS) is 11.2. The number of rotatable bonds is 6. The molecule has 3 rings (SSSR count). The van der Waals surface area contributed by atoms with Gasteiger partial charge in [0.05, 0.1) is 0 Å². The van der Waals surface area contributed by atoms with Crippen LogP contribution in [0, 0.1) is 0 Å². The van der Waals surface area contributed by atoms with Crippen molar-refractivity contribution < 1.29 is 0 Å². The van der Waals surface area contributed by atoms with Crippen LogP contribution in [0.3, 0.4) is 0 Å². The Hall–Kier alpha value is -2.21. The van der Waals surface area contributed by atoms with Gasteiger partial charge in [-0.2, -0.15) is 5.10 Å². The maximum Gasteiger partial charge on any atom is 0.137 e. The lowest BCUT2D eigenvalue weighted by atomic mass is 10.2. The van der Waals surface area contributed by atoms with Gasteiger partial charge in [0.2, 0.25) is 0 Å². The first-order valence-electron chi connectivity index (χ1n) is 6.39. The molecule has 3 aromatic rings. The first-order chi connectivity index (χ1) is 9.43. The Bertz CT molecular complexity index is 627. The minimum Gasteiger partial charge on any atom is -0.346 e. The van der Waals surface area contributed by atoms with Gasteiger partial charge in [0.15, 0.2) is 0 Å². The summed E-state index contributed by atoms with van der Waals surface area (Å²) < 4.78 is 0. The quantitative estimate of drug-likeness (QED) is 0.582. The molecule has 3 heterocycles. The molecule has 0 unspecified atom stereocenters. The number of hydrogen-bond acceptors (Lipinski definition) is 4. The van der Waals surface area contributed by atoms with Crippen LogP contribution in [0.1, 0.15) is 17.8 Å². The predicted molar refractivity (Wildman–Crippen MR) is 72.5 cm³/mol. The maximum atomic E-state index is 4.28. The van der Waals surface area contributed by atoms with Gasteiger partial charge in [-0.05, 0) is 30.7 Å². The standard InChI is InChI=1S/C13H16N6/c1-3-11-10(8-16-13(11)15-6-1)7-14-5-2-4-12-17-9-18-19-12/h1,3,6,8-9,14H,2,4-5,7H2,(H,15,16)(H,17,18,19). The lowest BCUT2D eigenvalue weighted by Gasteiger charge is -2.02. The Morgan fingerprint density at radius 1 is 1.26 bits per heavy atom. The first kappa shape index (κ1) is 11.9. The number of aromatic nitrogens is 5. The third-order valence-corrected chi connectivity index (χ3v) is 3.08. The molecule has 0 aliphatic carbocycles. The number of pyridine rings is 1. The van der Waals surface area contributed by atoms with Crippen LogP contribution in [-0.4, -0.2) is 31.7 Å². The van der Waals surface area contributed by atoms with Gasteiger partial charge in [-0.3, -0.25) is 5.10 Å². The van der Waals surface area contributed by atoms with Gasteiger partial charge in [-0.1, -0.05) is 0 Å². The van der Waals surface area contributed by atoms with E-state index in [1.54, 1.807) is 12.5 Å². The fraction of sp³-hybridized carbons (Fsp3) is 0.308. The van der Waals surface area contributed by atoms with Gasteiger partial charge in [0.25, 0.3) is 0 Å². The average Bonchev–Trinajstić information content (AvgIpc) is 3.08. The Kier molecular flexibility index (Phi) is 3.51. The Labute approximate surface area is 110 Å². The summed E-state index contributed by atoms with van der Waals surface area (Å²) in [7, 11) is 0. The van der Waals surface area contributed by atoms with E-state index < -0.39 is 0 Å². The molecular weight excluding hydrogens is 240 g/mol. The molecular formula is C13H16N6. The van der Waals surface area contributed by atoms with Crippen LogP contribution in [0.2, 0.25) is 0 Å². The molecule has 0 fully saturated rings. The molecule has 0 spiro atoms. The lowest BCUT2D eigenvalue weighted by molar-refractivity contribution is 0.641. The van der Waals surface area contributed by atoms with E-state index in [9.17, 15) is 0 Å². The average molecular weight is 256 g/mol. The summed E-state index contributed by atoms with van der Waals surface area (Å²) in [5, 5.41) is 11.3. The van der Waals surface area contributed by atoms with Crippen LogP contribution in [-0.2, 0) is 13.0 Å². The number of hydrogen-bond donors (Lipinski definition) is 3. The van der Waals surface area contributed by atoms with E-state index in [2.05, 4.69) is 36.5 Å². The van der Waals surface area contributed by atoms with Crippen molar-refractivity contribution in [1.29, 1.82) is 0 Å². The molecule has 6 nitrogen and oxygen atoms in total. The molecule has 0 saturated heterocycles. The van der Waals surface area contributed by atoms with E-state index in [4.69, 9.17) is 0 Å². The van der Waals surface area contributed by atoms with Crippen molar-refractivity contribution in [2.45, 2.75) is 19.4 Å². The smallest absolute Gasteiger partial charge is 0.137 e. The zero-order valence-corrected chi connectivity index (χ0v) is 10.6. The van der Waals surface area contributed by atoms with Crippen molar-refractivity contribution in [2.24, 2.45) is 0 Å². The lowest BCUT2D eigenvalue weighted by Crippen LogP contribution is -2.15. The Morgan fingerprint density at radius 2 is 2.26 bits per heavy atom. The summed E-state index contributed by atoms with van der Waals surface area (Å²) in [6.45, 7) is 1.80. The molecule has 3 aromatic heterocycles. The molecule has 3 N–H and O–H groups in total. The molecule has 98 valence electrons. The highest BCUT2D eigenvalue weighted by Gasteiger charge is 2.03. The molecule has 0 aromatic carbocycles. The van der Waals surface area contributed by atoms with Gasteiger partial charge >= 0.3 is 0 Å². The van der Waals surface area contributed by atoms with E-state index in [-0.39, 0.29) is 0 Å². The molecule has 0 radical (unpaired) electrons. The molecule has 0 aliphatic rings. The summed E-state index contributed by atoms with van der Waals surface area (Å²) in [5.74, 6) is 0.943. The second-order valence-corrected chi connectivity index (χ2v) is 4.43. The highest BCUT2D eigenvalue weighted by molar-refractivity contribution is 5.79. The second-order valence-electron chi connectivity index (χ2n) is 4.43. The molecule has 0 aliphatic heterocycles. The minimum atomic E-state index is 0.849. The van der Waals surface area contributed by atoms with E-state index >= 15 is 0 Å². The van der Waals surface area contributed by atoms with Crippen LogP contribution in [0.25, 0.3) is 11.0 Å². The molecule has 0 atom stereocenters. The minimum absolute atomic E-state index is 0.849. The van der Waals surface area contributed by atoms with E-state index in [1.165, 1.54) is 10.9 Å².